The van der Waals surface area contributed by atoms with Crippen molar-refractivity contribution in [3.8, 4) is 0 Å². The molecule has 0 aliphatic heterocycles. The number of aliphatic imine (C=N–C) groups is 1. The number of ether oxygens (including phenoxy) is 2. The molecule has 2 aromatic carbocycles. The highest BCUT2D eigenvalue weighted by molar-refractivity contribution is 5.79. The first-order valence-electron chi connectivity index (χ1n) is 11.6. The van der Waals surface area contributed by atoms with Crippen LogP contribution in [0, 0.1) is 0 Å². The van der Waals surface area contributed by atoms with Gasteiger partial charge in [0.05, 0.1) is 32.9 Å². The third-order valence-corrected chi connectivity index (χ3v) is 5.06. The Balaban J connectivity index is 1.56. The molecule has 7 nitrogen and oxygen atoms in total. The van der Waals surface area contributed by atoms with Gasteiger partial charge < -0.3 is 20.1 Å². The molecule has 0 aliphatic carbocycles. The number of nitrogens with one attached hydrogen (secondary N) is 2. The Morgan fingerprint density at radius 2 is 1.76 bits per heavy atom. The summed E-state index contributed by atoms with van der Waals surface area (Å²) in [5, 5.41) is 11.1. The number of hydrogen-bond acceptors (Lipinski definition) is 4. The lowest BCUT2D eigenvalue weighted by atomic mass is 10.1. The van der Waals surface area contributed by atoms with E-state index in [0.29, 0.717) is 32.9 Å². The first-order valence-corrected chi connectivity index (χ1v) is 11.6. The Kier molecular flexibility index (Phi) is 10.4. The number of nitrogens with zero attached hydrogens (tertiary/aromatic N) is 3. The van der Waals surface area contributed by atoms with Crippen molar-refractivity contribution in [1.82, 2.24) is 20.4 Å². The zero-order chi connectivity index (χ0) is 23.1. The molecule has 3 rings (SSSR count). The van der Waals surface area contributed by atoms with Gasteiger partial charge in [0.2, 0.25) is 0 Å². The second-order valence-electron chi connectivity index (χ2n) is 7.59. The molecule has 3 aromatic rings. The van der Waals surface area contributed by atoms with Gasteiger partial charge >= 0.3 is 0 Å². The molecular weight excluding hydrogens is 414 g/mol. The Hall–Kier alpha value is -3.16. The second-order valence-corrected chi connectivity index (χ2v) is 7.59. The van der Waals surface area contributed by atoms with E-state index in [1.807, 2.05) is 23.9 Å². The smallest absolute Gasteiger partial charge is 0.191 e. The summed E-state index contributed by atoms with van der Waals surface area (Å²) in [6.45, 7) is 9.42. The molecule has 0 saturated carbocycles. The summed E-state index contributed by atoms with van der Waals surface area (Å²) in [6.07, 6.45) is 3.78. The van der Waals surface area contributed by atoms with E-state index in [4.69, 9.17) is 14.5 Å². The molecule has 0 unspecified atom stereocenters. The molecule has 0 spiro atoms. The normalized spacial score (nSPS) is 11.5. The van der Waals surface area contributed by atoms with Crippen molar-refractivity contribution in [1.29, 1.82) is 0 Å². The summed E-state index contributed by atoms with van der Waals surface area (Å²) in [5.74, 6) is 0.796. The van der Waals surface area contributed by atoms with Crippen LogP contribution in [-0.4, -0.2) is 42.1 Å². The highest BCUT2D eigenvalue weighted by Gasteiger charge is 2.05. The standard InChI is InChI=1S/C26H35N5O2/c1-3-27-26(28-18-22-9-7-10-23(17-22)21-33-16-15-32-4-2)29-19-24-11-5-6-12-25(24)20-31-14-8-13-30-31/h5-14,17H,3-4,15-16,18-21H2,1-2H3,(H2,27,28,29). The zero-order valence-electron chi connectivity index (χ0n) is 19.7. The van der Waals surface area contributed by atoms with Crippen LogP contribution in [-0.2, 0) is 35.7 Å². The van der Waals surface area contributed by atoms with Gasteiger partial charge in [0, 0.05) is 32.1 Å². The van der Waals surface area contributed by atoms with Crippen molar-refractivity contribution in [2.24, 2.45) is 4.99 Å². The van der Waals surface area contributed by atoms with Crippen molar-refractivity contribution < 1.29 is 9.47 Å². The van der Waals surface area contributed by atoms with Gasteiger partial charge in [-0.25, -0.2) is 4.99 Å². The third-order valence-electron chi connectivity index (χ3n) is 5.06. The van der Waals surface area contributed by atoms with Gasteiger partial charge in [-0.3, -0.25) is 4.68 Å². The van der Waals surface area contributed by atoms with E-state index in [-0.39, 0.29) is 0 Å². The molecule has 0 fully saturated rings. The average Bonchev–Trinajstić information content (AvgIpc) is 3.35. The minimum atomic E-state index is 0.579. The maximum Gasteiger partial charge on any atom is 0.191 e. The third kappa shape index (κ3) is 8.71. The average molecular weight is 450 g/mol. The van der Waals surface area contributed by atoms with Crippen LogP contribution < -0.4 is 10.6 Å². The van der Waals surface area contributed by atoms with Crippen molar-refractivity contribution in [3.63, 3.8) is 0 Å². The maximum atomic E-state index is 5.69. The molecule has 0 radical (unpaired) electrons. The van der Waals surface area contributed by atoms with E-state index >= 15 is 0 Å². The Morgan fingerprint density at radius 1 is 0.939 bits per heavy atom. The Morgan fingerprint density at radius 3 is 2.55 bits per heavy atom. The van der Waals surface area contributed by atoms with Crippen LogP contribution in [0.1, 0.15) is 36.1 Å². The molecule has 0 atom stereocenters. The summed E-state index contributed by atoms with van der Waals surface area (Å²) in [6, 6.07) is 18.7. The number of hydrogen-bond donors (Lipinski definition) is 2. The van der Waals surface area contributed by atoms with E-state index in [1.165, 1.54) is 11.1 Å². The zero-order valence-corrected chi connectivity index (χ0v) is 19.7. The maximum absolute atomic E-state index is 5.69. The first-order chi connectivity index (χ1) is 16.3. The molecule has 33 heavy (non-hydrogen) atoms. The fourth-order valence-electron chi connectivity index (χ4n) is 3.41. The molecule has 176 valence electrons. The summed E-state index contributed by atoms with van der Waals surface area (Å²) >= 11 is 0. The van der Waals surface area contributed by atoms with Crippen LogP contribution in [0.5, 0.6) is 0 Å². The number of guanidine groups is 1. The van der Waals surface area contributed by atoms with Crippen LogP contribution in [0.25, 0.3) is 0 Å². The lowest BCUT2D eigenvalue weighted by Gasteiger charge is -2.14. The van der Waals surface area contributed by atoms with Crippen molar-refractivity contribution in [3.05, 3.63) is 89.2 Å². The minimum Gasteiger partial charge on any atom is -0.379 e. The Bertz CT molecular complexity index is 972. The van der Waals surface area contributed by atoms with Gasteiger partial charge in [-0.2, -0.15) is 5.10 Å². The summed E-state index contributed by atoms with van der Waals surface area (Å²) in [5.41, 5.74) is 4.76. The molecule has 7 heteroatoms. The fourth-order valence-corrected chi connectivity index (χ4v) is 3.41. The van der Waals surface area contributed by atoms with Crippen LogP contribution in [0.3, 0.4) is 0 Å². The number of benzene rings is 2. The summed E-state index contributed by atoms with van der Waals surface area (Å²) < 4.78 is 12.9. The number of aromatic nitrogens is 2. The minimum absolute atomic E-state index is 0.579. The quantitative estimate of drug-likeness (QED) is 0.236. The van der Waals surface area contributed by atoms with E-state index < -0.39 is 0 Å². The molecule has 2 N–H and O–H groups in total. The topological polar surface area (TPSA) is 72.7 Å². The number of rotatable bonds is 13. The van der Waals surface area contributed by atoms with Crippen molar-refractivity contribution >= 4 is 5.96 Å². The molecule has 0 saturated heterocycles. The molecular formula is C26H35N5O2. The van der Waals surface area contributed by atoms with E-state index in [1.54, 1.807) is 6.20 Å². The first kappa shape index (κ1) is 24.5. The van der Waals surface area contributed by atoms with Crippen LogP contribution in [0.15, 0.2) is 72.0 Å². The highest BCUT2D eigenvalue weighted by Crippen LogP contribution is 2.11. The van der Waals surface area contributed by atoms with Crippen LogP contribution in [0.4, 0.5) is 0 Å². The lowest BCUT2D eigenvalue weighted by molar-refractivity contribution is 0.0453. The second kappa shape index (κ2) is 14.1. The van der Waals surface area contributed by atoms with Crippen LogP contribution in [0.2, 0.25) is 0 Å². The molecule has 0 aliphatic rings. The van der Waals surface area contributed by atoms with Gasteiger partial charge in [-0.15, -0.1) is 0 Å². The fraction of sp³-hybridized carbons (Fsp3) is 0.385. The van der Waals surface area contributed by atoms with Crippen molar-refractivity contribution in [2.45, 2.75) is 40.1 Å². The van der Waals surface area contributed by atoms with E-state index in [9.17, 15) is 0 Å². The van der Waals surface area contributed by atoms with Gasteiger partial charge in [-0.05, 0) is 42.2 Å². The molecule has 1 aromatic heterocycles. The monoisotopic (exact) mass is 449 g/mol. The van der Waals surface area contributed by atoms with Crippen molar-refractivity contribution in [2.75, 3.05) is 26.4 Å². The summed E-state index contributed by atoms with van der Waals surface area (Å²) in [7, 11) is 0. The van der Waals surface area contributed by atoms with E-state index in [0.717, 1.165) is 36.8 Å². The molecule has 1 heterocycles. The van der Waals surface area contributed by atoms with Gasteiger partial charge in [-0.1, -0.05) is 48.5 Å². The lowest BCUT2D eigenvalue weighted by Crippen LogP contribution is -2.37. The SMILES string of the molecule is CCNC(=NCc1cccc(COCCOCC)c1)NCc1ccccc1Cn1cccn1. The Labute approximate surface area is 196 Å². The predicted molar refractivity (Wildman–Crippen MR) is 132 cm³/mol. The highest BCUT2D eigenvalue weighted by atomic mass is 16.5. The van der Waals surface area contributed by atoms with Gasteiger partial charge in [0.1, 0.15) is 0 Å². The summed E-state index contributed by atoms with van der Waals surface area (Å²) in [4.78, 5) is 4.78. The molecule has 0 amide bonds. The van der Waals surface area contributed by atoms with Gasteiger partial charge in [0.25, 0.3) is 0 Å². The van der Waals surface area contributed by atoms with Gasteiger partial charge in [0.15, 0.2) is 5.96 Å². The largest absolute Gasteiger partial charge is 0.379 e. The molecule has 0 bridgehead atoms. The van der Waals surface area contributed by atoms with E-state index in [2.05, 4.69) is 71.2 Å². The predicted octanol–water partition coefficient (Wildman–Crippen LogP) is 3.74. The van der Waals surface area contributed by atoms with Crippen LogP contribution >= 0.6 is 0 Å².